The maximum Gasteiger partial charge on any atom is 0.417 e. The lowest BCUT2D eigenvalue weighted by atomic mass is 10.1. The zero-order chi connectivity index (χ0) is 38.5. The molecule has 3 aromatic rings. The fourth-order valence-electron chi connectivity index (χ4n) is 3.30. The number of thioether (sulfide) groups is 1. The highest BCUT2D eigenvalue weighted by Crippen LogP contribution is 2.33. The molecule has 0 saturated heterocycles. The number of allylic oxidation sites excluding steroid dienone is 2. The molecule has 0 fully saturated rings. The first-order valence-corrected chi connectivity index (χ1v) is 15.8. The number of nitrogens with zero attached hydrogens (tertiary/aromatic N) is 2. The molecule has 50 heavy (non-hydrogen) atoms. The Morgan fingerprint density at radius 2 is 1.62 bits per heavy atom. The number of thiocarbonyl (C=S) groups is 1. The third-order valence-corrected chi connectivity index (χ3v) is 6.28. The van der Waals surface area contributed by atoms with Crippen LogP contribution in [0, 0.1) is 27.8 Å². The fraction of sp³-hybridized carbons (Fsp3) is 0.229. The lowest BCUT2D eigenvalue weighted by molar-refractivity contribution is -0.141. The van der Waals surface area contributed by atoms with Gasteiger partial charge in [-0.05, 0) is 93.3 Å². The van der Waals surface area contributed by atoms with Crippen LogP contribution in [0.15, 0.2) is 90.4 Å². The summed E-state index contributed by atoms with van der Waals surface area (Å²) in [5.74, 6) is -1.83. The summed E-state index contributed by atoms with van der Waals surface area (Å²) in [4.78, 5) is 23.0. The van der Waals surface area contributed by atoms with Gasteiger partial charge in [0.05, 0.1) is 22.8 Å². The second kappa shape index (κ2) is 22.3. The van der Waals surface area contributed by atoms with E-state index in [0.29, 0.717) is 11.4 Å². The Morgan fingerprint density at radius 3 is 2.10 bits per heavy atom. The van der Waals surface area contributed by atoms with Crippen molar-refractivity contribution >= 4 is 52.4 Å². The molecule has 0 bridgehead atoms. The number of carbonyl (C=O) groups excluding carboxylic acids is 1. The van der Waals surface area contributed by atoms with Gasteiger partial charge in [-0.25, -0.2) is 9.18 Å². The number of hydrogen-bond acceptors (Lipinski definition) is 8. The van der Waals surface area contributed by atoms with Gasteiger partial charge in [-0.1, -0.05) is 50.8 Å². The molecule has 9 nitrogen and oxygen atoms in total. The van der Waals surface area contributed by atoms with Crippen LogP contribution >= 0.6 is 24.0 Å². The number of carboxylic acid groups (broad SMARTS) is 1. The van der Waals surface area contributed by atoms with Crippen molar-refractivity contribution in [1.29, 1.82) is 10.5 Å². The quantitative estimate of drug-likeness (QED) is 0.0765. The van der Waals surface area contributed by atoms with Crippen molar-refractivity contribution in [2.24, 2.45) is 0 Å². The molecule has 0 radical (unpaired) electrons. The summed E-state index contributed by atoms with van der Waals surface area (Å²) < 4.78 is 57.5. The minimum atomic E-state index is -4.62. The molecule has 0 unspecified atom stereocenters. The number of hydrogen-bond donors (Lipinski definition) is 4. The van der Waals surface area contributed by atoms with Gasteiger partial charge in [0.2, 0.25) is 0 Å². The number of carbonyl (C=O) groups is 2. The number of ether oxygens (including phenoxy) is 1. The number of para-hydroxylation sites is 1. The Morgan fingerprint density at radius 1 is 1.02 bits per heavy atom. The van der Waals surface area contributed by atoms with Gasteiger partial charge in [-0.2, -0.15) is 23.7 Å². The zero-order valence-electron chi connectivity index (χ0n) is 28.1. The maximum absolute atomic E-state index is 13.6. The summed E-state index contributed by atoms with van der Waals surface area (Å²) in [6, 6.07) is 17.2. The first kappa shape index (κ1) is 44.6. The van der Waals surface area contributed by atoms with Crippen LogP contribution in [0.25, 0.3) is 0 Å². The molecule has 0 spiro atoms. The van der Waals surface area contributed by atoms with E-state index in [4.69, 9.17) is 32.6 Å². The molecule has 0 aromatic heterocycles. The highest BCUT2D eigenvalue weighted by atomic mass is 32.2. The number of thiocyanates is 1. The molecular weight excluding hydrogens is 695 g/mol. The Balaban J connectivity index is 0.000000770. The molecule has 0 heterocycles. The molecule has 15 heteroatoms. The second-order valence-electron chi connectivity index (χ2n) is 9.69. The van der Waals surface area contributed by atoms with E-state index in [1.807, 2.05) is 32.2 Å². The Kier molecular flexibility index (Phi) is 19.9. The normalized spacial score (nSPS) is 10.2. The molecule has 3 rings (SSSR count). The number of nitriles is 2. The van der Waals surface area contributed by atoms with E-state index in [2.05, 4.69) is 22.5 Å². The monoisotopic (exact) mass is 731 g/mol. The Labute approximate surface area is 298 Å². The lowest BCUT2D eigenvalue weighted by Crippen LogP contribution is -2.40. The summed E-state index contributed by atoms with van der Waals surface area (Å²) in [5.41, 5.74) is -2.40. The SMILES string of the molecule is C=C(/C=C\C)SC#N.CC.CNC(=O)c1ccc(NC(C)(C)C(=O)O)cc1F.N#Cc1ccc(NC(=S)Oc2ccccc2)cc1C(F)(F)F. The van der Waals surface area contributed by atoms with Gasteiger partial charge in [-0.3, -0.25) is 4.79 Å². The van der Waals surface area contributed by atoms with Gasteiger partial charge >= 0.3 is 12.1 Å². The molecule has 1 amide bonds. The summed E-state index contributed by atoms with van der Waals surface area (Å²) in [6.07, 6.45) is -0.967. The van der Waals surface area contributed by atoms with Crippen molar-refractivity contribution in [2.75, 3.05) is 17.7 Å². The molecule has 0 atom stereocenters. The average molecular weight is 732 g/mol. The van der Waals surface area contributed by atoms with E-state index in [9.17, 15) is 27.2 Å². The first-order valence-electron chi connectivity index (χ1n) is 14.5. The predicted molar refractivity (Wildman–Crippen MR) is 193 cm³/mol. The molecule has 266 valence electrons. The van der Waals surface area contributed by atoms with Gasteiger partial charge in [-0.15, -0.1) is 0 Å². The molecule has 0 aliphatic rings. The highest BCUT2D eigenvalue weighted by molar-refractivity contribution is 8.07. The van der Waals surface area contributed by atoms with Crippen LogP contribution in [0.5, 0.6) is 5.75 Å². The van der Waals surface area contributed by atoms with E-state index < -0.39 is 40.5 Å². The van der Waals surface area contributed by atoms with E-state index in [1.165, 1.54) is 45.2 Å². The number of halogens is 4. The van der Waals surface area contributed by atoms with Crippen LogP contribution in [0.1, 0.15) is 56.1 Å². The van der Waals surface area contributed by atoms with Gasteiger partial charge < -0.3 is 25.8 Å². The Hall–Kier alpha value is -5.38. The second-order valence-corrected chi connectivity index (χ2v) is 11.0. The number of rotatable bonds is 8. The number of aliphatic carboxylic acids is 1. The van der Waals surface area contributed by atoms with Gasteiger partial charge in [0, 0.05) is 23.3 Å². The van der Waals surface area contributed by atoms with Crippen molar-refractivity contribution < 1.29 is 37.0 Å². The van der Waals surface area contributed by atoms with Gasteiger partial charge in [0.1, 0.15) is 22.5 Å². The molecular formula is C35H37F4N5O4S2. The van der Waals surface area contributed by atoms with Crippen molar-refractivity contribution in [2.45, 2.75) is 46.3 Å². The van der Waals surface area contributed by atoms with Crippen LogP contribution in [0.4, 0.5) is 28.9 Å². The Bertz CT molecular complexity index is 1720. The van der Waals surface area contributed by atoms with Crippen molar-refractivity contribution in [3.8, 4) is 17.2 Å². The number of nitrogens with one attached hydrogen (secondary N) is 3. The topological polar surface area (TPSA) is 147 Å². The van der Waals surface area contributed by atoms with Crippen LogP contribution < -0.4 is 20.7 Å². The smallest absolute Gasteiger partial charge is 0.417 e. The largest absolute Gasteiger partial charge is 0.480 e. The van der Waals surface area contributed by atoms with Gasteiger partial charge in [0.25, 0.3) is 11.1 Å². The maximum atomic E-state index is 13.6. The minimum Gasteiger partial charge on any atom is -0.480 e. The highest BCUT2D eigenvalue weighted by Gasteiger charge is 2.34. The van der Waals surface area contributed by atoms with Gasteiger partial charge in [0.15, 0.2) is 0 Å². The summed E-state index contributed by atoms with van der Waals surface area (Å²) >= 11 is 6.02. The minimum absolute atomic E-state index is 0.0869. The predicted octanol–water partition coefficient (Wildman–Crippen LogP) is 9.13. The number of anilines is 2. The molecule has 0 aliphatic heterocycles. The number of alkyl halides is 3. The average Bonchev–Trinajstić information content (AvgIpc) is 3.06. The van der Waals surface area contributed by atoms with Crippen LogP contribution in [0.2, 0.25) is 0 Å². The molecule has 4 N–H and O–H groups in total. The summed E-state index contributed by atoms with van der Waals surface area (Å²) in [7, 11) is 1.40. The number of benzene rings is 3. The standard InChI is InChI=1S/C15H9F3N2OS.C12H15FN2O3.C6H7NS.C2H6/c16-15(17,18)13-8-11(7-6-10(13)9-19)20-14(22)21-12-4-2-1-3-5-12;1-12(2,11(17)18)15-7-4-5-8(9(13)6-7)10(16)14-3;1-3-4-6(2)8-5-7;1-2/h1-8H,(H,20,22);4-6,15H,1-3H3,(H,14,16)(H,17,18);3-4H,2H2,1H3;1-2H3/b;;4-3-;. The van der Waals surface area contributed by atoms with Crippen molar-refractivity contribution in [1.82, 2.24) is 5.32 Å². The number of amides is 1. The molecule has 3 aromatic carbocycles. The third-order valence-electron chi connectivity index (χ3n) is 5.61. The van der Waals surface area contributed by atoms with Crippen molar-refractivity contribution in [3.05, 3.63) is 113 Å². The summed E-state index contributed by atoms with van der Waals surface area (Å²) in [6.45, 7) is 12.4. The lowest BCUT2D eigenvalue weighted by Gasteiger charge is -2.22. The van der Waals surface area contributed by atoms with Crippen molar-refractivity contribution in [3.63, 3.8) is 0 Å². The van der Waals surface area contributed by atoms with E-state index in [0.717, 1.165) is 34.9 Å². The van der Waals surface area contributed by atoms with E-state index in [1.54, 1.807) is 36.4 Å². The van der Waals surface area contributed by atoms with Crippen LogP contribution in [0.3, 0.4) is 0 Å². The molecule has 0 saturated carbocycles. The molecule has 0 aliphatic carbocycles. The van der Waals surface area contributed by atoms with Crippen LogP contribution in [-0.2, 0) is 11.0 Å². The fourth-order valence-corrected chi connectivity index (χ4v) is 3.83. The summed E-state index contributed by atoms with van der Waals surface area (Å²) in [5, 5.41) is 35.1. The van der Waals surface area contributed by atoms with Crippen LogP contribution in [-0.4, -0.2) is 34.7 Å². The van der Waals surface area contributed by atoms with E-state index >= 15 is 0 Å². The number of carboxylic acids is 1. The third kappa shape index (κ3) is 16.1. The first-order chi connectivity index (χ1) is 23.5. The zero-order valence-corrected chi connectivity index (χ0v) is 29.7. The van der Waals surface area contributed by atoms with E-state index in [-0.39, 0.29) is 16.4 Å².